The summed E-state index contributed by atoms with van der Waals surface area (Å²) in [6.07, 6.45) is 4.66. The second kappa shape index (κ2) is 13.1. The molecular weight excluding hydrogens is 540 g/mol. The largest absolute Gasteiger partial charge is 0.484 e. The number of amides is 2. The number of nitrogens with zero attached hydrogens (tertiary/aromatic N) is 1. The predicted octanol–water partition coefficient (Wildman–Crippen LogP) is 6.45. The quantitative estimate of drug-likeness (QED) is 0.301. The van der Waals surface area contributed by atoms with E-state index in [9.17, 15) is 9.59 Å². The summed E-state index contributed by atoms with van der Waals surface area (Å²) in [5, 5.41) is 3.25. The van der Waals surface area contributed by atoms with Crippen molar-refractivity contribution < 1.29 is 14.3 Å². The minimum absolute atomic E-state index is 0.0991. The predicted molar refractivity (Wildman–Crippen MR) is 155 cm³/mol. The molecule has 6 heteroatoms. The molecule has 4 rings (SSSR count). The summed E-state index contributed by atoms with van der Waals surface area (Å²) in [6.45, 7) is 6.23. The molecule has 1 aliphatic carbocycles. The van der Waals surface area contributed by atoms with E-state index < -0.39 is 6.04 Å². The molecule has 0 saturated heterocycles. The van der Waals surface area contributed by atoms with Crippen LogP contribution >= 0.6 is 15.9 Å². The topological polar surface area (TPSA) is 58.6 Å². The van der Waals surface area contributed by atoms with Gasteiger partial charge in [-0.15, -0.1) is 0 Å². The van der Waals surface area contributed by atoms with Crippen molar-refractivity contribution in [3.63, 3.8) is 0 Å². The lowest BCUT2D eigenvalue weighted by atomic mass is 10.0. The van der Waals surface area contributed by atoms with Gasteiger partial charge in [0, 0.05) is 23.5 Å². The highest BCUT2D eigenvalue weighted by atomic mass is 79.9. The lowest BCUT2D eigenvalue weighted by Crippen LogP contribution is -2.53. The maximum absolute atomic E-state index is 13.9. The summed E-state index contributed by atoms with van der Waals surface area (Å²) in [7, 11) is 0. The highest BCUT2D eigenvalue weighted by Gasteiger charge is 2.32. The molecule has 0 aliphatic heterocycles. The van der Waals surface area contributed by atoms with Gasteiger partial charge in [-0.2, -0.15) is 0 Å². The molecule has 0 bridgehead atoms. The molecular formula is C32H37BrN2O3. The Morgan fingerprint density at radius 3 is 2.24 bits per heavy atom. The Morgan fingerprint density at radius 1 is 0.947 bits per heavy atom. The van der Waals surface area contributed by atoms with Crippen LogP contribution in [0.3, 0.4) is 0 Å². The van der Waals surface area contributed by atoms with Crippen LogP contribution in [0, 0.1) is 20.8 Å². The summed E-state index contributed by atoms with van der Waals surface area (Å²) in [6, 6.07) is 21.3. The van der Waals surface area contributed by atoms with Crippen LogP contribution in [0.25, 0.3) is 0 Å². The van der Waals surface area contributed by atoms with Crippen LogP contribution in [0.1, 0.15) is 53.5 Å². The maximum Gasteiger partial charge on any atom is 0.261 e. The third-order valence-electron chi connectivity index (χ3n) is 7.35. The van der Waals surface area contributed by atoms with Gasteiger partial charge in [0.2, 0.25) is 5.91 Å². The first-order valence-corrected chi connectivity index (χ1v) is 14.2. The van der Waals surface area contributed by atoms with Crippen molar-refractivity contribution in [2.24, 2.45) is 0 Å². The lowest BCUT2D eigenvalue weighted by Gasteiger charge is -2.32. The Labute approximate surface area is 234 Å². The molecule has 5 nitrogen and oxygen atoms in total. The van der Waals surface area contributed by atoms with Crippen molar-refractivity contribution in [2.45, 2.75) is 71.5 Å². The molecule has 1 fully saturated rings. The fraction of sp³-hybridized carbons (Fsp3) is 0.375. The van der Waals surface area contributed by atoms with Crippen molar-refractivity contribution in [1.29, 1.82) is 0 Å². The van der Waals surface area contributed by atoms with E-state index in [-0.39, 0.29) is 24.5 Å². The van der Waals surface area contributed by atoms with Gasteiger partial charge in [0.05, 0.1) is 0 Å². The molecule has 0 heterocycles. The molecule has 0 spiro atoms. The highest BCUT2D eigenvalue weighted by molar-refractivity contribution is 9.10. The molecule has 200 valence electrons. The first-order chi connectivity index (χ1) is 18.3. The monoisotopic (exact) mass is 576 g/mol. The first-order valence-electron chi connectivity index (χ1n) is 13.4. The molecule has 1 aliphatic rings. The zero-order valence-electron chi connectivity index (χ0n) is 22.5. The molecule has 0 radical (unpaired) electrons. The molecule has 2 amide bonds. The van der Waals surface area contributed by atoms with E-state index in [4.69, 9.17) is 4.74 Å². The van der Waals surface area contributed by atoms with Gasteiger partial charge in [-0.1, -0.05) is 83.4 Å². The SMILES string of the molecule is Cc1ccccc1CN(C(=O)COc1cc(C)c(Br)c(C)c1)[C@H](Cc1ccccc1)C(=O)NC1CCCC1. The number of carbonyl (C=O) groups excluding carboxylic acids is 2. The van der Waals surface area contributed by atoms with Gasteiger partial charge in [0.15, 0.2) is 6.61 Å². The molecule has 38 heavy (non-hydrogen) atoms. The lowest BCUT2D eigenvalue weighted by molar-refractivity contribution is -0.143. The van der Waals surface area contributed by atoms with E-state index in [0.29, 0.717) is 18.7 Å². The minimum atomic E-state index is -0.651. The van der Waals surface area contributed by atoms with Crippen LogP contribution in [0.4, 0.5) is 0 Å². The normalized spacial score (nSPS) is 14.2. The van der Waals surface area contributed by atoms with E-state index >= 15 is 0 Å². The first kappa shape index (κ1) is 27.9. The smallest absolute Gasteiger partial charge is 0.261 e. The van der Waals surface area contributed by atoms with Gasteiger partial charge in [0.25, 0.3) is 5.91 Å². The van der Waals surface area contributed by atoms with Crippen molar-refractivity contribution in [1.82, 2.24) is 10.2 Å². The summed E-state index contributed by atoms with van der Waals surface area (Å²) in [5.74, 6) is 0.328. The number of rotatable bonds is 10. The summed E-state index contributed by atoms with van der Waals surface area (Å²) in [4.78, 5) is 29.3. The molecule has 1 saturated carbocycles. The zero-order valence-corrected chi connectivity index (χ0v) is 24.1. The van der Waals surface area contributed by atoms with E-state index in [0.717, 1.165) is 58.0 Å². The van der Waals surface area contributed by atoms with Crippen LogP contribution in [0.15, 0.2) is 71.2 Å². The Kier molecular flexibility index (Phi) is 9.62. The van der Waals surface area contributed by atoms with E-state index in [1.807, 2.05) is 87.5 Å². The van der Waals surface area contributed by atoms with Gasteiger partial charge in [-0.25, -0.2) is 0 Å². The van der Waals surface area contributed by atoms with Crippen LogP contribution in [-0.2, 0) is 22.6 Å². The summed E-state index contributed by atoms with van der Waals surface area (Å²) >= 11 is 3.59. The van der Waals surface area contributed by atoms with E-state index in [1.165, 1.54) is 0 Å². The van der Waals surface area contributed by atoms with Gasteiger partial charge >= 0.3 is 0 Å². The summed E-state index contributed by atoms with van der Waals surface area (Å²) < 4.78 is 7.03. The van der Waals surface area contributed by atoms with Gasteiger partial charge < -0.3 is 15.0 Å². The van der Waals surface area contributed by atoms with Gasteiger partial charge in [-0.05, 0) is 73.6 Å². The summed E-state index contributed by atoms with van der Waals surface area (Å²) in [5.41, 5.74) is 5.20. The number of halogens is 1. The minimum Gasteiger partial charge on any atom is -0.484 e. The molecule has 1 atom stereocenters. The Hall–Kier alpha value is -3.12. The second-order valence-corrected chi connectivity index (χ2v) is 11.1. The fourth-order valence-corrected chi connectivity index (χ4v) is 5.34. The number of hydrogen-bond acceptors (Lipinski definition) is 3. The third-order valence-corrected chi connectivity index (χ3v) is 8.60. The van der Waals surface area contributed by atoms with Crippen LogP contribution in [0.5, 0.6) is 5.75 Å². The Balaban J connectivity index is 1.63. The molecule has 1 N–H and O–H groups in total. The maximum atomic E-state index is 13.9. The standard InChI is InChI=1S/C32H37BrN2O3/c1-22-11-7-8-14-26(22)20-35(30(36)21-38-28-17-23(2)31(33)24(3)18-28)29(19-25-12-5-4-6-13-25)32(37)34-27-15-9-10-16-27/h4-8,11-14,17-18,27,29H,9-10,15-16,19-21H2,1-3H3,(H,34,37)/t29-/m1/s1. The van der Waals surface area contributed by atoms with Crippen molar-refractivity contribution in [3.8, 4) is 5.75 Å². The number of benzene rings is 3. The third kappa shape index (κ3) is 7.25. The number of ether oxygens (including phenoxy) is 1. The van der Waals surface area contributed by atoms with Crippen molar-refractivity contribution >= 4 is 27.7 Å². The number of carbonyl (C=O) groups is 2. The van der Waals surface area contributed by atoms with E-state index in [2.05, 4.69) is 21.2 Å². The van der Waals surface area contributed by atoms with Crippen LogP contribution in [0.2, 0.25) is 0 Å². The average Bonchev–Trinajstić information content (AvgIpc) is 3.42. The number of hydrogen-bond donors (Lipinski definition) is 1. The average molecular weight is 578 g/mol. The Morgan fingerprint density at radius 2 is 1.58 bits per heavy atom. The highest BCUT2D eigenvalue weighted by Crippen LogP contribution is 2.27. The van der Waals surface area contributed by atoms with Gasteiger partial charge in [-0.3, -0.25) is 9.59 Å². The van der Waals surface area contributed by atoms with E-state index in [1.54, 1.807) is 4.90 Å². The zero-order chi connectivity index (χ0) is 27.1. The van der Waals surface area contributed by atoms with Crippen molar-refractivity contribution in [3.05, 3.63) is 99.0 Å². The molecule has 0 aromatic heterocycles. The number of aryl methyl sites for hydroxylation is 3. The number of nitrogens with one attached hydrogen (secondary N) is 1. The van der Waals surface area contributed by atoms with Crippen LogP contribution in [-0.4, -0.2) is 35.4 Å². The van der Waals surface area contributed by atoms with Crippen molar-refractivity contribution in [2.75, 3.05) is 6.61 Å². The molecule has 3 aromatic carbocycles. The van der Waals surface area contributed by atoms with Gasteiger partial charge in [0.1, 0.15) is 11.8 Å². The fourth-order valence-electron chi connectivity index (χ4n) is 5.11. The van der Waals surface area contributed by atoms with Crippen LogP contribution < -0.4 is 10.1 Å². The second-order valence-electron chi connectivity index (χ2n) is 10.3. The molecule has 0 unspecified atom stereocenters. The molecule has 3 aromatic rings. The Bertz CT molecular complexity index is 1230.